The highest BCUT2D eigenvalue weighted by molar-refractivity contribution is 5.72. The number of benzene rings is 2. The van der Waals surface area contributed by atoms with Crippen LogP contribution in [0.5, 0.6) is 0 Å². The predicted molar refractivity (Wildman–Crippen MR) is 213 cm³/mol. The Hall–Kier alpha value is -4.54. The molecule has 322 valence electrons. The average molecular weight is 823 g/mol. The van der Waals surface area contributed by atoms with Crippen molar-refractivity contribution in [1.82, 2.24) is 5.32 Å². The first-order valence-corrected chi connectivity index (χ1v) is 20.2. The zero-order chi connectivity index (χ0) is 42.5. The Morgan fingerprint density at radius 3 is 2.08 bits per heavy atom. The Bertz CT molecular complexity index is 1710. The maximum absolute atomic E-state index is 13.2. The highest BCUT2D eigenvalue weighted by Crippen LogP contribution is 2.40. The first-order valence-electron chi connectivity index (χ1n) is 20.2. The van der Waals surface area contributed by atoms with Crippen molar-refractivity contribution in [3.63, 3.8) is 0 Å². The molecule has 3 fully saturated rings. The number of carbonyl (C=O) groups excluding carboxylic acids is 3. The van der Waals surface area contributed by atoms with Crippen LogP contribution in [-0.2, 0) is 65.4 Å². The van der Waals surface area contributed by atoms with Crippen molar-refractivity contribution < 1.29 is 57.0 Å². The summed E-state index contributed by atoms with van der Waals surface area (Å²) in [6, 6.07) is 17.8. The lowest BCUT2D eigenvalue weighted by Gasteiger charge is -2.49. The minimum atomic E-state index is -1.17. The summed E-state index contributed by atoms with van der Waals surface area (Å²) in [6.45, 7) is 13.2. The normalized spacial score (nSPS) is 33.1. The molecule has 2 heterocycles. The van der Waals surface area contributed by atoms with Crippen LogP contribution in [0.4, 0.5) is 4.79 Å². The number of azide groups is 1. The molecule has 0 spiro atoms. The van der Waals surface area contributed by atoms with Crippen LogP contribution < -0.4 is 5.32 Å². The van der Waals surface area contributed by atoms with Gasteiger partial charge in [0.2, 0.25) is 0 Å². The van der Waals surface area contributed by atoms with Gasteiger partial charge in [-0.15, -0.1) is 0 Å². The first-order chi connectivity index (χ1) is 28.4. The fraction of sp³-hybridized carbons (Fsp3) is 0.605. The van der Waals surface area contributed by atoms with Crippen molar-refractivity contribution >= 4 is 18.0 Å². The summed E-state index contributed by atoms with van der Waals surface area (Å²) in [5.74, 6) is -2.39. The van der Waals surface area contributed by atoms with Crippen molar-refractivity contribution in [2.75, 3.05) is 20.3 Å². The van der Waals surface area contributed by atoms with Gasteiger partial charge < -0.3 is 47.9 Å². The number of ether oxygens (including phenoxy) is 9. The number of hydrogen-bond donors (Lipinski definition) is 1. The van der Waals surface area contributed by atoms with Crippen LogP contribution in [0.25, 0.3) is 10.4 Å². The van der Waals surface area contributed by atoms with Gasteiger partial charge in [-0.1, -0.05) is 99.2 Å². The smallest absolute Gasteiger partial charge is 0.407 e. The maximum atomic E-state index is 13.2. The van der Waals surface area contributed by atoms with Gasteiger partial charge in [-0.25, -0.2) is 4.79 Å². The Balaban J connectivity index is 1.51. The molecule has 2 saturated heterocycles. The van der Waals surface area contributed by atoms with E-state index in [1.165, 1.54) is 20.1 Å². The zero-order valence-corrected chi connectivity index (χ0v) is 34.6. The van der Waals surface area contributed by atoms with E-state index in [4.69, 9.17) is 42.6 Å². The minimum Gasteiger partial charge on any atom is -0.469 e. The second kappa shape index (κ2) is 22.2. The van der Waals surface area contributed by atoms with E-state index in [9.17, 15) is 19.9 Å². The molecule has 1 saturated carbocycles. The van der Waals surface area contributed by atoms with E-state index in [1.807, 2.05) is 88.4 Å². The molecule has 1 N–H and O–H groups in total. The number of hydrogen-bond acceptors (Lipinski definition) is 13. The molecule has 5 rings (SSSR count). The molecule has 1 aliphatic carbocycles. The van der Waals surface area contributed by atoms with Gasteiger partial charge in [0.15, 0.2) is 12.6 Å². The largest absolute Gasteiger partial charge is 0.469 e. The molecule has 14 atom stereocenters. The highest BCUT2D eigenvalue weighted by atomic mass is 16.7. The number of rotatable bonds is 17. The molecule has 1 amide bonds. The molecule has 0 bridgehead atoms. The van der Waals surface area contributed by atoms with E-state index in [2.05, 4.69) is 21.9 Å². The molecule has 0 radical (unpaired) electrons. The van der Waals surface area contributed by atoms with Crippen LogP contribution in [0.2, 0.25) is 0 Å². The molecule has 2 aromatic carbocycles. The lowest BCUT2D eigenvalue weighted by molar-refractivity contribution is -0.333. The van der Waals surface area contributed by atoms with E-state index in [-0.39, 0.29) is 56.5 Å². The molecular formula is C43H58N4O12. The fourth-order valence-electron chi connectivity index (χ4n) is 7.87. The number of amides is 1. The van der Waals surface area contributed by atoms with Gasteiger partial charge in [0, 0.05) is 17.8 Å². The monoisotopic (exact) mass is 822 g/mol. The molecule has 3 aliphatic rings. The van der Waals surface area contributed by atoms with Crippen molar-refractivity contribution in [1.29, 1.82) is 0 Å². The van der Waals surface area contributed by atoms with Gasteiger partial charge in [0.05, 0.1) is 68.8 Å². The summed E-state index contributed by atoms with van der Waals surface area (Å²) in [4.78, 5) is 41.1. The second-order valence-corrected chi connectivity index (χ2v) is 15.5. The zero-order valence-electron chi connectivity index (χ0n) is 34.6. The molecule has 2 aromatic rings. The van der Waals surface area contributed by atoms with E-state index in [0.29, 0.717) is 6.61 Å². The summed E-state index contributed by atoms with van der Waals surface area (Å²) >= 11 is 0. The summed E-state index contributed by atoms with van der Waals surface area (Å²) < 4.78 is 55.9. The Labute approximate surface area is 345 Å². The van der Waals surface area contributed by atoms with Crippen molar-refractivity contribution in [2.24, 2.45) is 28.8 Å². The van der Waals surface area contributed by atoms with Gasteiger partial charge in [-0.05, 0) is 48.3 Å². The summed E-state index contributed by atoms with van der Waals surface area (Å²) in [6.07, 6.45) is -5.62. The fourth-order valence-corrected chi connectivity index (χ4v) is 7.87. The van der Waals surface area contributed by atoms with E-state index < -0.39 is 79.1 Å². The van der Waals surface area contributed by atoms with Crippen molar-refractivity contribution in [2.45, 2.75) is 122 Å². The molecule has 0 aromatic heterocycles. The number of nitrogens with zero attached hydrogens (tertiary/aromatic N) is 3. The van der Waals surface area contributed by atoms with Crippen LogP contribution in [0.3, 0.4) is 0 Å². The van der Waals surface area contributed by atoms with Gasteiger partial charge in [-0.3, -0.25) is 9.59 Å². The Morgan fingerprint density at radius 2 is 1.49 bits per heavy atom. The number of methoxy groups -OCH3 is 1. The van der Waals surface area contributed by atoms with Crippen LogP contribution in [0.15, 0.2) is 78.4 Å². The van der Waals surface area contributed by atoms with E-state index in [0.717, 1.165) is 11.1 Å². The van der Waals surface area contributed by atoms with Crippen LogP contribution in [0, 0.1) is 23.7 Å². The van der Waals surface area contributed by atoms with Crippen molar-refractivity contribution in [3.05, 3.63) is 94.9 Å². The molecule has 6 unspecified atom stereocenters. The third kappa shape index (κ3) is 12.3. The average Bonchev–Trinajstić information content (AvgIpc) is 3.23. The lowest BCUT2D eigenvalue weighted by atomic mass is 9.80. The van der Waals surface area contributed by atoms with E-state index >= 15 is 0 Å². The molecular weight excluding hydrogens is 764 g/mol. The SMILES string of the molecule is C=CCOC(=O)NC1C(C)[C@@H](C)[C@H](COC(C)=O)O[C@H]1O[C@@H]1CC(C(=O)OC)CC(N=[N+]=[N-])[C@H]1O[C@@H]1OC(C)[C@@H](C)[C@H](OCc2ccccc2)C1OCc1ccccc1. The van der Waals surface area contributed by atoms with Gasteiger partial charge >= 0.3 is 18.0 Å². The highest BCUT2D eigenvalue weighted by Gasteiger charge is 2.52. The Kier molecular flexibility index (Phi) is 17.1. The number of nitrogens with one attached hydrogen (secondary N) is 1. The van der Waals surface area contributed by atoms with Gasteiger partial charge in [0.25, 0.3) is 0 Å². The maximum Gasteiger partial charge on any atom is 0.407 e. The quantitative estimate of drug-likeness (QED) is 0.0461. The third-order valence-corrected chi connectivity index (χ3v) is 11.5. The van der Waals surface area contributed by atoms with Crippen LogP contribution in [-0.4, -0.2) is 99.6 Å². The van der Waals surface area contributed by atoms with Gasteiger partial charge in [0.1, 0.15) is 19.3 Å². The Morgan fingerprint density at radius 1 is 0.847 bits per heavy atom. The second-order valence-electron chi connectivity index (χ2n) is 15.5. The standard InChI is InChI=1S/C43H58N4O12/c1-8-19-52-43(50)45-36-26(3)25(2)35(24-53-29(6)48)58-41(36)57-34-21-32(40(49)51-7)20-33(46-47-44)38(34)59-42-39(55-23-31-17-13-10-14-18-31)37(27(4)28(5)56-42)54-22-30-15-11-9-12-16-30/h8-18,25-28,32-39,41-42H,1,19-24H2,2-7H3,(H,45,50)/t25-,26?,27-,28?,32?,33?,34-,35+,36?,37+,38-,39?,41-,42+/m1/s1. The lowest BCUT2D eigenvalue weighted by Crippen LogP contribution is -2.62. The van der Waals surface area contributed by atoms with Gasteiger partial charge in [-0.2, -0.15) is 0 Å². The minimum absolute atomic E-state index is 0.0286. The molecule has 2 aliphatic heterocycles. The molecule has 16 heteroatoms. The molecule has 16 nitrogen and oxygen atoms in total. The van der Waals surface area contributed by atoms with Crippen LogP contribution in [0.1, 0.15) is 58.6 Å². The number of esters is 2. The summed E-state index contributed by atoms with van der Waals surface area (Å²) in [5, 5.41) is 7.00. The van der Waals surface area contributed by atoms with Crippen LogP contribution >= 0.6 is 0 Å². The topological polar surface area (TPSA) is 195 Å². The summed E-state index contributed by atoms with van der Waals surface area (Å²) in [7, 11) is 1.29. The first kappa shape index (κ1) is 45.5. The van der Waals surface area contributed by atoms with Crippen molar-refractivity contribution in [3.8, 4) is 0 Å². The predicted octanol–water partition coefficient (Wildman–Crippen LogP) is 6.41. The number of alkyl carbamates (subject to hydrolysis) is 1. The van der Waals surface area contributed by atoms with E-state index in [1.54, 1.807) is 0 Å². The molecule has 59 heavy (non-hydrogen) atoms. The summed E-state index contributed by atoms with van der Waals surface area (Å²) in [5.41, 5.74) is 11.8. The number of carbonyl (C=O) groups is 3. The third-order valence-electron chi connectivity index (χ3n) is 11.5.